The molecule has 2 N–H and O–H groups in total. The summed E-state index contributed by atoms with van der Waals surface area (Å²) in [5.41, 5.74) is -0.110. The summed E-state index contributed by atoms with van der Waals surface area (Å²) in [5.74, 6) is -1.92. The molecule has 0 aromatic heterocycles. The second kappa shape index (κ2) is 6.76. The Bertz CT molecular complexity index is 427. The summed E-state index contributed by atoms with van der Waals surface area (Å²) in [7, 11) is 0. The van der Waals surface area contributed by atoms with Crippen molar-refractivity contribution in [3.63, 3.8) is 0 Å². The number of rotatable bonds is 6. The molecule has 5 nitrogen and oxygen atoms in total. The molecule has 1 atom stereocenters. The number of carbonyl (C=O) groups excluding carboxylic acids is 1. The first-order valence-corrected chi connectivity index (χ1v) is 5.73. The number of benzene rings is 1. The monoisotopic (exact) mass is 252 g/mol. The van der Waals surface area contributed by atoms with Crippen LogP contribution < -0.4 is 0 Å². The van der Waals surface area contributed by atoms with Crippen LogP contribution in [-0.4, -0.2) is 34.9 Å². The fraction of sp³-hybridized carbons (Fsp3) is 0.385. The smallest absolute Gasteiger partial charge is 0.339 e. The molecule has 98 valence electrons. The van der Waals surface area contributed by atoms with Gasteiger partial charge in [-0.1, -0.05) is 25.5 Å². The highest BCUT2D eigenvalue weighted by Gasteiger charge is 2.17. The highest BCUT2D eigenvalue weighted by molar-refractivity contribution is 6.02. The standard InChI is InChI=1S/C13H16O5/c1-2-5-9(14)8-18-13(17)11-7-4-3-6-10(11)12(15)16/h3-4,6-7,9,14H,2,5,8H2,1H3,(H,15,16). The lowest BCUT2D eigenvalue weighted by atomic mass is 10.1. The van der Waals surface area contributed by atoms with Gasteiger partial charge in [0.2, 0.25) is 0 Å². The summed E-state index contributed by atoms with van der Waals surface area (Å²) < 4.78 is 4.88. The molecule has 5 heteroatoms. The number of aliphatic hydroxyl groups excluding tert-OH is 1. The van der Waals surface area contributed by atoms with Crippen LogP contribution in [0.1, 0.15) is 40.5 Å². The topological polar surface area (TPSA) is 83.8 Å². The summed E-state index contributed by atoms with van der Waals surface area (Å²) >= 11 is 0. The molecule has 0 bridgehead atoms. The van der Waals surface area contributed by atoms with Gasteiger partial charge in [0, 0.05) is 0 Å². The minimum Gasteiger partial charge on any atom is -0.478 e. The van der Waals surface area contributed by atoms with Crippen molar-refractivity contribution in [2.75, 3.05) is 6.61 Å². The van der Waals surface area contributed by atoms with Crippen molar-refractivity contribution in [2.24, 2.45) is 0 Å². The van der Waals surface area contributed by atoms with Crippen molar-refractivity contribution >= 4 is 11.9 Å². The Morgan fingerprint density at radius 1 is 1.28 bits per heavy atom. The highest BCUT2D eigenvalue weighted by Crippen LogP contribution is 2.11. The average molecular weight is 252 g/mol. The van der Waals surface area contributed by atoms with Crippen molar-refractivity contribution < 1.29 is 24.5 Å². The Hall–Kier alpha value is -1.88. The maximum Gasteiger partial charge on any atom is 0.339 e. The first kappa shape index (κ1) is 14.2. The van der Waals surface area contributed by atoms with E-state index in [0.717, 1.165) is 6.42 Å². The van der Waals surface area contributed by atoms with Gasteiger partial charge in [0.25, 0.3) is 0 Å². The minimum atomic E-state index is -1.18. The third-order valence-electron chi connectivity index (χ3n) is 2.41. The molecule has 0 aliphatic heterocycles. The molecule has 0 radical (unpaired) electrons. The third-order valence-corrected chi connectivity index (χ3v) is 2.41. The number of carbonyl (C=O) groups is 2. The summed E-state index contributed by atoms with van der Waals surface area (Å²) in [6.07, 6.45) is 0.606. The van der Waals surface area contributed by atoms with Crippen molar-refractivity contribution in [2.45, 2.75) is 25.9 Å². The zero-order chi connectivity index (χ0) is 13.5. The van der Waals surface area contributed by atoms with Crippen LogP contribution in [-0.2, 0) is 4.74 Å². The highest BCUT2D eigenvalue weighted by atomic mass is 16.5. The van der Waals surface area contributed by atoms with E-state index in [4.69, 9.17) is 9.84 Å². The molecule has 1 aromatic carbocycles. The molecular weight excluding hydrogens is 236 g/mol. The molecule has 1 unspecified atom stereocenters. The molecule has 1 aromatic rings. The van der Waals surface area contributed by atoms with Crippen LogP contribution in [0.4, 0.5) is 0 Å². The van der Waals surface area contributed by atoms with E-state index in [-0.39, 0.29) is 17.7 Å². The number of esters is 1. The Kier molecular flexibility index (Phi) is 5.32. The molecule has 0 saturated carbocycles. The van der Waals surface area contributed by atoms with Gasteiger partial charge in [-0.05, 0) is 18.6 Å². The SMILES string of the molecule is CCCC(O)COC(=O)c1ccccc1C(=O)O. The van der Waals surface area contributed by atoms with E-state index in [1.54, 1.807) is 6.07 Å². The van der Waals surface area contributed by atoms with Gasteiger partial charge in [0.15, 0.2) is 0 Å². The van der Waals surface area contributed by atoms with Crippen LogP contribution in [0, 0.1) is 0 Å². The summed E-state index contributed by atoms with van der Waals surface area (Å²) in [6.45, 7) is 1.78. The van der Waals surface area contributed by atoms with Crippen LogP contribution in [0.3, 0.4) is 0 Å². The van der Waals surface area contributed by atoms with Crippen LogP contribution in [0.15, 0.2) is 24.3 Å². The van der Waals surface area contributed by atoms with E-state index in [1.165, 1.54) is 18.2 Å². The Labute approximate surface area is 105 Å². The fourth-order valence-electron chi connectivity index (χ4n) is 1.51. The zero-order valence-electron chi connectivity index (χ0n) is 10.1. The molecular formula is C13H16O5. The quantitative estimate of drug-likeness (QED) is 0.753. The first-order chi connectivity index (χ1) is 8.56. The van der Waals surface area contributed by atoms with Gasteiger partial charge < -0.3 is 14.9 Å². The van der Waals surface area contributed by atoms with Gasteiger partial charge in [-0.3, -0.25) is 0 Å². The fourth-order valence-corrected chi connectivity index (χ4v) is 1.51. The summed E-state index contributed by atoms with van der Waals surface area (Å²) in [5, 5.41) is 18.3. The predicted octanol–water partition coefficient (Wildman–Crippen LogP) is 1.70. The molecule has 0 aliphatic rings. The van der Waals surface area contributed by atoms with Crippen molar-refractivity contribution in [1.29, 1.82) is 0 Å². The van der Waals surface area contributed by atoms with Gasteiger partial charge in [-0.2, -0.15) is 0 Å². The zero-order valence-corrected chi connectivity index (χ0v) is 10.1. The largest absolute Gasteiger partial charge is 0.478 e. The van der Waals surface area contributed by atoms with E-state index in [9.17, 15) is 14.7 Å². The van der Waals surface area contributed by atoms with Crippen molar-refractivity contribution in [1.82, 2.24) is 0 Å². The minimum absolute atomic E-state index is 0.00583. The van der Waals surface area contributed by atoms with Gasteiger partial charge >= 0.3 is 11.9 Å². The van der Waals surface area contributed by atoms with Gasteiger partial charge in [-0.25, -0.2) is 9.59 Å². The Balaban J connectivity index is 2.70. The number of aliphatic hydroxyl groups is 1. The van der Waals surface area contributed by atoms with E-state index in [2.05, 4.69) is 0 Å². The van der Waals surface area contributed by atoms with Gasteiger partial charge in [0.1, 0.15) is 6.61 Å². The van der Waals surface area contributed by atoms with Crippen LogP contribution in [0.2, 0.25) is 0 Å². The number of carboxylic acids is 1. The van der Waals surface area contributed by atoms with Crippen molar-refractivity contribution in [3.05, 3.63) is 35.4 Å². The number of hydrogen-bond acceptors (Lipinski definition) is 4. The lowest BCUT2D eigenvalue weighted by Gasteiger charge is -2.11. The lowest BCUT2D eigenvalue weighted by Crippen LogP contribution is -2.19. The van der Waals surface area contributed by atoms with Crippen LogP contribution in [0.5, 0.6) is 0 Å². The van der Waals surface area contributed by atoms with Crippen LogP contribution >= 0.6 is 0 Å². The molecule has 0 saturated heterocycles. The maximum absolute atomic E-state index is 11.7. The molecule has 18 heavy (non-hydrogen) atoms. The molecule has 0 aliphatic carbocycles. The predicted molar refractivity (Wildman–Crippen MR) is 64.6 cm³/mol. The van der Waals surface area contributed by atoms with Crippen molar-refractivity contribution in [3.8, 4) is 0 Å². The summed E-state index contributed by atoms with van der Waals surface area (Å²) in [6, 6.07) is 5.82. The Morgan fingerprint density at radius 3 is 2.44 bits per heavy atom. The van der Waals surface area contributed by atoms with E-state index in [0.29, 0.717) is 6.42 Å². The maximum atomic E-state index is 11.7. The normalized spacial score (nSPS) is 11.9. The summed E-state index contributed by atoms with van der Waals surface area (Å²) in [4.78, 5) is 22.6. The van der Waals surface area contributed by atoms with Gasteiger partial charge in [0.05, 0.1) is 17.2 Å². The Morgan fingerprint density at radius 2 is 1.89 bits per heavy atom. The third kappa shape index (κ3) is 3.85. The second-order valence-electron chi connectivity index (χ2n) is 3.89. The van der Waals surface area contributed by atoms with E-state index in [1.807, 2.05) is 6.92 Å². The number of aromatic carboxylic acids is 1. The number of ether oxygens (including phenoxy) is 1. The van der Waals surface area contributed by atoms with Gasteiger partial charge in [-0.15, -0.1) is 0 Å². The van der Waals surface area contributed by atoms with E-state index >= 15 is 0 Å². The van der Waals surface area contributed by atoms with E-state index < -0.39 is 18.0 Å². The van der Waals surface area contributed by atoms with Crippen LogP contribution in [0.25, 0.3) is 0 Å². The molecule has 1 rings (SSSR count). The molecule has 0 fully saturated rings. The number of hydrogen-bond donors (Lipinski definition) is 2. The second-order valence-corrected chi connectivity index (χ2v) is 3.89. The average Bonchev–Trinajstić information content (AvgIpc) is 2.36. The first-order valence-electron chi connectivity index (χ1n) is 5.73. The lowest BCUT2D eigenvalue weighted by molar-refractivity contribution is 0.0234. The molecule has 0 amide bonds. The number of carboxylic acid groups (broad SMARTS) is 1. The molecule has 0 spiro atoms. The molecule has 0 heterocycles.